The quantitative estimate of drug-likeness (QED) is 0.641. The molecule has 0 saturated carbocycles. The smallest absolute Gasteiger partial charge is 0.223 e. The molecule has 3 heteroatoms. The van der Waals surface area contributed by atoms with Crippen molar-refractivity contribution in [2.24, 2.45) is 0 Å². The Labute approximate surface area is 87.8 Å². The molecule has 1 aromatic rings. The molecule has 0 saturated heterocycles. The van der Waals surface area contributed by atoms with E-state index < -0.39 is 0 Å². The molecule has 14 heavy (non-hydrogen) atoms. The lowest BCUT2D eigenvalue weighted by atomic mass is 10.0. The molecule has 1 aromatic carbocycles. The van der Waals surface area contributed by atoms with E-state index in [-0.39, 0.29) is 5.91 Å². The van der Waals surface area contributed by atoms with Crippen molar-refractivity contribution in [1.29, 1.82) is 0 Å². The van der Waals surface area contributed by atoms with Crippen LogP contribution < -0.4 is 0 Å². The first-order chi connectivity index (χ1) is 6.68. The molecular weight excluding hydrogens is 198 g/mol. The minimum Gasteiger partial charge on any atom is -0.315 e. The lowest BCUT2D eigenvalue weighted by molar-refractivity contribution is -0.126. The van der Waals surface area contributed by atoms with Gasteiger partial charge in [-0.2, -0.15) is 0 Å². The number of hydrogen-bond acceptors (Lipinski definition) is 1. The summed E-state index contributed by atoms with van der Waals surface area (Å²) in [7, 11) is 0. The summed E-state index contributed by atoms with van der Waals surface area (Å²) in [4.78, 5) is 12.8. The topological polar surface area (TPSA) is 20.3 Å². The van der Waals surface area contributed by atoms with Crippen LogP contribution in [0.5, 0.6) is 0 Å². The maximum atomic E-state index is 11.2. The Kier molecular flexibility index (Phi) is 2.30. The van der Waals surface area contributed by atoms with Gasteiger partial charge >= 0.3 is 0 Å². The van der Waals surface area contributed by atoms with E-state index in [1.807, 2.05) is 24.3 Å². The highest BCUT2D eigenvalue weighted by molar-refractivity contribution is 6.31. The minimum atomic E-state index is 0.0341. The van der Waals surface area contributed by atoms with Gasteiger partial charge in [-0.05, 0) is 23.3 Å². The highest BCUT2D eigenvalue weighted by atomic mass is 35.5. The van der Waals surface area contributed by atoms with Crippen LogP contribution in [-0.2, 0) is 11.3 Å². The van der Waals surface area contributed by atoms with E-state index in [0.717, 1.165) is 16.1 Å². The lowest BCUT2D eigenvalue weighted by Crippen LogP contribution is -2.24. The Morgan fingerprint density at radius 3 is 3.00 bits per heavy atom. The van der Waals surface area contributed by atoms with E-state index in [0.29, 0.717) is 6.54 Å². The van der Waals surface area contributed by atoms with Crippen LogP contribution in [0.4, 0.5) is 0 Å². The van der Waals surface area contributed by atoms with Crippen molar-refractivity contribution in [3.05, 3.63) is 40.5 Å². The molecule has 72 valence electrons. The largest absolute Gasteiger partial charge is 0.315 e. The normalized spacial score (nSPS) is 14.0. The van der Waals surface area contributed by atoms with Crippen LogP contribution >= 0.6 is 11.6 Å². The summed E-state index contributed by atoms with van der Waals surface area (Å²) < 4.78 is 0. The Morgan fingerprint density at radius 2 is 2.29 bits per heavy atom. The third-order valence-corrected chi connectivity index (χ3v) is 2.68. The van der Waals surface area contributed by atoms with E-state index in [4.69, 9.17) is 11.6 Å². The molecule has 0 aliphatic carbocycles. The fraction of sp³-hybridized carbons (Fsp3) is 0.182. The molecule has 1 aliphatic rings. The number of nitrogens with zero attached hydrogens (tertiary/aromatic N) is 1. The summed E-state index contributed by atoms with van der Waals surface area (Å²) in [5.41, 5.74) is 2.11. The van der Waals surface area contributed by atoms with Crippen molar-refractivity contribution < 1.29 is 4.79 Å². The Morgan fingerprint density at radius 1 is 1.50 bits per heavy atom. The second-order valence-corrected chi connectivity index (χ2v) is 3.68. The molecule has 2 rings (SSSR count). The minimum absolute atomic E-state index is 0.0341. The van der Waals surface area contributed by atoms with Crippen molar-refractivity contribution in [2.75, 3.05) is 0 Å². The van der Waals surface area contributed by atoms with Gasteiger partial charge in [-0.1, -0.05) is 23.7 Å². The maximum absolute atomic E-state index is 11.2. The van der Waals surface area contributed by atoms with Crippen LogP contribution in [0.25, 0.3) is 6.08 Å². The predicted molar refractivity (Wildman–Crippen MR) is 56.7 cm³/mol. The molecule has 0 bridgehead atoms. The van der Waals surface area contributed by atoms with Crippen LogP contribution in [-0.4, -0.2) is 10.8 Å². The predicted octanol–water partition coefficient (Wildman–Crippen LogP) is 2.67. The number of halogens is 1. The molecule has 0 aromatic heterocycles. The SMILES string of the molecule is CC(=O)N1C=Cc2cccc(Cl)c2C1. The van der Waals surface area contributed by atoms with E-state index >= 15 is 0 Å². The first-order valence-corrected chi connectivity index (χ1v) is 4.79. The standard InChI is InChI=1S/C11H10ClNO/c1-8(14)13-6-5-9-3-2-4-11(12)10(9)7-13/h2-6H,7H2,1H3. The van der Waals surface area contributed by atoms with Crippen LogP contribution in [0.1, 0.15) is 18.1 Å². The Hall–Kier alpha value is -1.28. The summed E-state index contributed by atoms with van der Waals surface area (Å²) in [5.74, 6) is 0.0341. The number of fused-ring (bicyclic) bond motifs is 1. The highest BCUT2D eigenvalue weighted by Gasteiger charge is 2.15. The molecule has 0 spiro atoms. The summed E-state index contributed by atoms with van der Waals surface area (Å²) >= 11 is 6.04. The molecule has 0 radical (unpaired) electrons. The van der Waals surface area contributed by atoms with Crippen molar-refractivity contribution in [1.82, 2.24) is 4.90 Å². The molecular formula is C11H10ClNO. The van der Waals surface area contributed by atoms with E-state index in [1.54, 1.807) is 18.0 Å². The summed E-state index contributed by atoms with van der Waals surface area (Å²) in [6, 6.07) is 5.75. The van der Waals surface area contributed by atoms with Gasteiger partial charge in [0.05, 0.1) is 6.54 Å². The number of carbonyl (C=O) groups excluding carboxylic acids is 1. The molecule has 0 unspecified atom stereocenters. The molecule has 1 aliphatic heterocycles. The van der Waals surface area contributed by atoms with E-state index in [1.165, 1.54) is 0 Å². The van der Waals surface area contributed by atoms with Gasteiger partial charge in [0.2, 0.25) is 5.91 Å². The molecule has 0 atom stereocenters. The Bertz CT molecular complexity index is 412. The first-order valence-electron chi connectivity index (χ1n) is 4.41. The lowest BCUT2D eigenvalue weighted by Gasteiger charge is -2.22. The number of carbonyl (C=O) groups is 1. The zero-order chi connectivity index (χ0) is 10.1. The second-order valence-electron chi connectivity index (χ2n) is 3.27. The van der Waals surface area contributed by atoms with Gasteiger partial charge in [0.1, 0.15) is 0 Å². The number of rotatable bonds is 0. The number of benzene rings is 1. The third kappa shape index (κ3) is 1.53. The maximum Gasteiger partial charge on any atom is 0.223 e. The fourth-order valence-corrected chi connectivity index (χ4v) is 1.75. The monoisotopic (exact) mass is 207 g/mol. The van der Waals surface area contributed by atoms with Crippen molar-refractivity contribution in [3.8, 4) is 0 Å². The van der Waals surface area contributed by atoms with Crippen LogP contribution in [0, 0.1) is 0 Å². The zero-order valence-corrected chi connectivity index (χ0v) is 8.58. The van der Waals surface area contributed by atoms with Gasteiger partial charge in [-0.25, -0.2) is 0 Å². The summed E-state index contributed by atoms with van der Waals surface area (Å²) in [5, 5.41) is 0.720. The molecule has 2 nitrogen and oxygen atoms in total. The second kappa shape index (κ2) is 3.46. The molecule has 0 N–H and O–H groups in total. The van der Waals surface area contributed by atoms with Gasteiger partial charge in [0.15, 0.2) is 0 Å². The van der Waals surface area contributed by atoms with Crippen molar-refractivity contribution in [2.45, 2.75) is 13.5 Å². The van der Waals surface area contributed by atoms with Gasteiger partial charge in [0.25, 0.3) is 0 Å². The molecule has 0 fully saturated rings. The van der Waals surface area contributed by atoms with Gasteiger partial charge in [-0.15, -0.1) is 0 Å². The van der Waals surface area contributed by atoms with Gasteiger partial charge < -0.3 is 4.90 Å². The van der Waals surface area contributed by atoms with E-state index in [9.17, 15) is 4.79 Å². The fourth-order valence-electron chi connectivity index (χ4n) is 1.51. The Balaban J connectivity index is 2.42. The number of amides is 1. The first kappa shape index (κ1) is 9.28. The highest BCUT2D eigenvalue weighted by Crippen LogP contribution is 2.26. The third-order valence-electron chi connectivity index (χ3n) is 2.32. The van der Waals surface area contributed by atoms with Crippen molar-refractivity contribution in [3.63, 3.8) is 0 Å². The van der Waals surface area contributed by atoms with Crippen LogP contribution in [0.2, 0.25) is 5.02 Å². The van der Waals surface area contributed by atoms with Crippen molar-refractivity contribution >= 4 is 23.6 Å². The molecule has 1 amide bonds. The zero-order valence-electron chi connectivity index (χ0n) is 7.83. The number of hydrogen-bond donors (Lipinski definition) is 0. The van der Waals surface area contributed by atoms with Gasteiger partial charge in [-0.3, -0.25) is 4.79 Å². The average Bonchev–Trinajstić information content (AvgIpc) is 2.18. The van der Waals surface area contributed by atoms with Gasteiger partial charge in [0, 0.05) is 18.1 Å². The van der Waals surface area contributed by atoms with E-state index in [2.05, 4.69) is 0 Å². The molecule has 1 heterocycles. The van der Waals surface area contributed by atoms with Crippen LogP contribution in [0.3, 0.4) is 0 Å². The van der Waals surface area contributed by atoms with Crippen LogP contribution in [0.15, 0.2) is 24.4 Å². The summed E-state index contributed by atoms with van der Waals surface area (Å²) in [6.45, 7) is 2.12. The summed E-state index contributed by atoms with van der Waals surface area (Å²) in [6.07, 6.45) is 3.70. The average molecular weight is 208 g/mol.